The summed E-state index contributed by atoms with van der Waals surface area (Å²) in [6.07, 6.45) is 8.21. The van der Waals surface area contributed by atoms with Crippen molar-refractivity contribution in [3.63, 3.8) is 0 Å². The van der Waals surface area contributed by atoms with Gasteiger partial charge in [0.1, 0.15) is 0 Å². The largest absolute Gasteiger partial charge is 0.412 e. The average molecular weight is 753 g/mol. The van der Waals surface area contributed by atoms with E-state index < -0.39 is 34.2 Å². The van der Waals surface area contributed by atoms with Crippen LogP contribution in [0, 0.1) is 0 Å². The van der Waals surface area contributed by atoms with E-state index in [0.717, 1.165) is 51.4 Å². The van der Waals surface area contributed by atoms with Crippen molar-refractivity contribution >= 4 is 34.2 Å². The van der Waals surface area contributed by atoms with Gasteiger partial charge in [-0.3, -0.25) is 0 Å². The molecule has 0 radical (unpaired) electrons. The molecule has 1 saturated heterocycles. The molecule has 1 heterocycles. The standard InChI is InChI=1S/C36H80O8Si4/c1-17-21-25-37-33(13)45(29(5)6)41-46(30(7)8,34(14)38-26-22-18-2)43-48(32(11)12,36(16)40-28-24-20-4)44-47(42-45,31(9)10)35(15)39-27-23-19-3/h29-36H,17-28H2,1-16H3. The highest BCUT2D eigenvalue weighted by Gasteiger charge is 2.71. The first-order chi connectivity index (χ1) is 22.5. The molecule has 1 aliphatic heterocycles. The molecular formula is C36H80O8Si4. The highest BCUT2D eigenvalue weighted by atomic mass is 28.5. The van der Waals surface area contributed by atoms with Crippen LogP contribution >= 0.6 is 0 Å². The van der Waals surface area contributed by atoms with Gasteiger partial charge in [-0.05, 0) is 75.5 Å². The van der Waals surface area contributed by atoms with E-state index in [9.17, 15) is 0 Å². The second-order valence-electron chi connectivity index (χ2n) is 15.4. The zero-order chi connectivity index (χ0) is 36.8. The summed E-state index contributed by atoms with van der Waals surface area (Å²) in [6, 6.07) is 0. The summed E-state index contributed by atoms with van der Waals surface area (Å²) in [5.41, 5.74) is -0.725. The van der Waals surface area contributed by atoms with Crippen molar-refractivity contribution in [3.8, 4) is 0 Å². The van der Waals surface area contributed by atoms with Crippen LogP contribution in [0.3, 0.4) is 0 Å². The lowest BCUT2D eigenvalue weighted by molar-refractivity contribution is 0.0202. The zero-order valence-electron chi connectivity index (χ0n) is 34.4. The Balaban J connectivity index is 4.29. The maximum absolute atomic E-state index is 8.00. The fraction of sp³-hybridized carbons (Fsp3) is 1.00. The first-order valence-corrected chi connectivity index (χ1v) is 27.7. The third-order valence-electron chi connectivity index (χ3n) is 10.2. The molecule has 288 valence electrons. The maximum atomic E-state index is 8.00. The van der Waals surface area contributed by atoms with E-state index in [0.29, 0.717) is 26.4 Å². The van der Waals surface area contributed by atoms with Crippen molar-refractivity contribution in [2.24, 2.45) is 0 Å². The van der Waals surface area contributed by atoms with E-state index in [1.165, 1.54) is 0 Å². The van der Waals surface area contributed by atoms with Gasteiger partial charge in [-0.15, -0.1) is 0 Å². The molecule has 4 atom stereocenters. The van der Waals surface area contributed by atoms with Crippen LogP contribution in [0.15, 0.2) is 0 Å². The van der Waals surface area contributed by atoms with E-state index in [2.05, 4.69) is 111 Å². The first kappa shape index (κ1) is 46.6. The van der Waals surface area contributed by atoms with Gasteiger partial charge in [0.25, 0.3) is 0 Å². The minimum Gasteiger partial charge on any atom is -0.412 e. The van der Waals surface area contributed by atoms with E-state index in [-0.39, 0.29) is 45.1 Å². The van der Waals surface area contributed by atoms with Crippen LogP contribution in [0.4, 0.5) is 0 Å². The highest BCUT2D eigenvalue weighted by Crippen LogP contribution is 2.50. The zero-order valence-corrected chi connectivity index (χ0v) is 38.4. The molecule has 0 aliphatic carbocycles. The van der Waals surface area contributed by atoms with Crippen molar-refractivity contribution in [1.29, 1.82) is 0 Å². The lowest BCUT2D eigenvalue weighted by Crippen LogP contribution is -2.81. The molecule has 1 fully saturated rings. The molecule has 4 unspecified atom stereocenters. The number of rotatable bonds is 24. The monoisotopic (exact) mass is 752 g/mol. The van der Waals surface area contributed by atoms with Gasteiger partial charge in [0.15, 0.2) is 0 Å². The third kappa shape index (κ3) is 11.3. The molecule has 8 nitrogen and oxygen atoms in total. The molecule has 0 aromatic heterocycles. The summed E-state index contributed by atoms with van der Waals surface area (Å²) in [5.74, 6) is 0. The predicted octanol–water partition coefficient (Wildman–Crippen LogP) is 10.5. The van der Waals surface area contributed by atoms with Gasteiger partial charge in [0.2, 0.25) is 0 Å². The summed E-state index contributed by atoms with van der Waals surface area (Å²) in [5, 5.41) is 0. The minimum atomic E-state index is -3.30. The summed E-state index contributed by atoms with van der Waals surface area (Å²) < 4.78 is 59.0. The van der Waals surface area contributed by atoms with Gasteiger partial charge in [0, 0.05) is 26.4 Å². The second-order valence-corrected chi connectivity index (χ2v) is 32.3. The molecular weight excluding hydrogens is 673 g/mol. The van der Waals surface area contributed by atoms with Crippen molar-refractivity contribution in [2.45, 2.75) is 207 Å². The van der Waals surface area contributed by atoms with E-state index in [1.54, 1.807) is 0 Å². The molecule has 0 saturated carbocycles. The number of unbranched alkanes of at least 4 members (excludes halogenated alkanes) is 4. The maximum Gasteiger partial charge on any atom is 0.352 e. The van der Waals surface area contributed by atoms with Crippen LogP contribution in [0.25, 0.3) is 0 Å². The van der Waals surface area contributed by atoms with Crippen LogP contribution in [-0.4, -0.2) is 83.6 Å². The Labute approximate surface area is 302 Å². The van der Waals surface area contributed by atoms with E-state index in [4.69, 9.17) is 35.4 Å². The van der Waals surface area contributed by atoms with Gasteiger partial charge in [0.05, 0.1) is 22.9 Å². The van der Waals surface area contributed by atoms with Crippen molar-refractivity contribution < 1.29 is 35.4 Å². The Morgan fingerprint density at radius 1 is 0.333 bits per heavy atom. The van der Waals surface area contributed by atoms with Gasteiger partial charge < -0.3 is 35.4 Å². The lowest BCUT2D eigenvalue weighted by Gasteiger charge is -2.60. The number of hydrogen-bond acceptors (Lipinski definition) is 8. The fourth-order valence-corrected chi connectivity index (χ4v) is 34.8. The quantitative estimate of drug-likeness (QED) is 0.0713. The third-order valence-corrected chi connectivity index (χ3v) is 32.1. The molecule has 48 heavy (non-hydrogen) atoms. The van der Waals surface area contributed by atoms with Crippen LogP contribution in [0.1, 0.15) is 162 Å². The van der Waals surface area contributed by atoms with Crippen LogP contribution in [0.5, 0.6) is 0 Å². The number of ether oxygens (including phenoxy) is 4. The number of hydrogen-bond donors (Lipinski definition) is 0. The molecule has 0 aromatic carbocycles. The van der Waals surface area contributed by atoms with E-state index >= 15 is 0 Å². The van der Waals surface area contributed by atoms with E-state index in [1.807, 2.05) is 0 Å². The lowest BCUT2D eigenvalue weighted by atomic mass is 10.4. The van der Waals surface area contributed by atoms with Crippen molar-refractivity contribution in [3.05, 3.63) is 0 Å². The topological polar surface area (TPSA) is 73.8 Å². The summed E-state index contributed by atoms with van der Waals surface area (Å²) in [4.78, 5) is 0. The second kappa shape index (κ2) is 21.9. The summed E-state index contributed by atoms with van der Waals surface area (Å²) in [6.45, 7) is 38.2. The summed E-state index contributed by atoms with van der Waals surface area (Å²) >= 11 is 0. The van der Waals surface area contributed by atoms with Gasteiger partial charge in [-0.25, -0.2) is 0 Å². The molecule has 0 N–H and O–H groups in total. The molecule has 1 aliphatic rings. The van der Waals surface area contributed by atoms with Gasteiger partial charge >= 0.3 is 34.2 Å². The Bertz CT molecular complexity index is 718. The van der Waals surface area contributed by atoms with Gasteiger partial charge in [-0.2, -0.15) is 0 Å². The SMILES string of the molecule is CCCCOC(C)[Si]1(C(C)C)O[Si](C(C)C)(C(C)OCCCC)O[Si](C(C)C)(C(C)OCCCC)O[Si](C(C)C)(C(C)OCCCC)O1. The normalized spacial score (nSPS) is 29.8. The van der Waals surface area contributed by atoms with Crippen molar-refractivity contribution in [2.75, 3.05) is 26.4 Å². The first-order valence-electron chi connectivity index (χ1n) is 19.8. The van der Waals surface area contributed by atoms with Crippen molar-refractivity contribution in [1.82, 2.24) is 0 Å². The summed E-state index contributed by atoms with van der Waals surface area (Å²) in [7, 11) is -13.2. The predicted molar refractivity (Wildman–Crippen MR) is 209 cm³/mol. The smallest absolute Gasteiger partial charge is 0.352 e. The Kier molecular flexibility index (Phi) is 21.3. The van der Waals surface area contributed by atoms with Crippen LogP contribution in [0.2, 0.25) is 22.2 Å². The molecule has 0 amide bonds. The fourth-order valence-electron chi connectivity index (χ4n) is 6.65. The molecule has 1 rings (SSSR count). The van der Waals surface area contributed by atoms with Gasteiger partial charge in [-0.1, -0.05) is 109 Å². The van der Waals surface area contributed by atoms with Crippen LogP contribution in [-0.2, 0) is 35.4 Å². The molecule has 0 bridgehead atoms. The highest BCUT2D eigenvalue weighted by molar-refractivity contribution is 6.97. The van der Waals surface area contributed by atoms with Crippen LogP contribution < -0.4 is 0 Å². The Morgan fingerprint density at radius 3 is 0.625 bits per heavy atom. The molecule has 12 heteroatoms. The average Bonchev–Trinajstić information content (AvgIpc) is 3.01. The molecule has 0 aromatic rings. The molecule has 0 spiro atoms. The Hall–Kier alpha value is 0.548. The Morgan fingerprint density at radius 2 is 0.500 bits per heavy atom. The minimum absolute atomic E-state index is 0.0645.